The molecule has 2 amide bonds. The van der Waals surface area contributed by atoms with Crippen LogP contribution in [-0.2, 0) is 0 Å². The Kier molecular flexibility index (Phi) is 4.79. The van der Waals surface area contributed by atoms with Crippen LogP contribution in [0.15, 0.2) is 24.3 Å². The zero-order chi connectivity index (χ0) is 14.5. The number of likely N-dealkylation sites (N-methyl/N-ethyl adjacent to an activating group) is 1. The maximum absolute atomic E-state index is 12.0. The molecule has 1 aliphatic heterocycles. The number of anilines is 1. The molecule has 1 aliphatic rings. The number of nitrogens with zero attached hydrogens (tertiary/aromatic N) is 2. The first-order valence-corrected chi connectivity index (χ1v) is 6.61. The third-order valence-corrected chi connectivity index (χ3v) is 3.31. The van der Waals surface area contributed by atoms with Gasteiger partial charge in [0, 0.05) is 30.9 Å². The maximum atomic E-state index is 12.0. The Labute approximate surface area is 118 Å². The molecule has 0 bridgehead atoms. The molecular formula is C14H20FN3O2. The fraction of sp³-hybridized carbons (Fsp3) is 0.500. The molecule has 0 radical (unpaired) electrons. The predicted molar refractivity (Wildman–Crippen MR) is 76.0 cm³/mol. The third-order valence-electron chi connectivity index (χ3n) is 3.31. The molecule has 1 saturated heterocycles. The van der Waals surface area contributed by atoms with Gasteiger partial charge in [0.05, 0.1) is 0 Å². The van der Waals surface area contributed by atoms with Gasteiger partial charge in [0.15, 0.2) is 0 Å². The first kappa shape index (κ1) is 14.6. The molecule has 5 nitrogen and oxygen atoms in total. The van der Waals surface area contributed by atoms with E-state index in [-0.39, 0.29) is 12.6 Å². The predicted octanol–water partition coefficient (Wildman–Crippen LogP) is 1.81. The number of rotatable bonds is 5. The number of benzene rings is 1. The Hall–Kier alpha value is -1.82. The van der Waals surface area contributed by atoms with Gasteiger partial charge in [0.2, 0.25) is 0 Å². The Morgan fingerprint density at radius 3 is 2.90 bits per heavy atom. The minimum absolute atomic E-state index is 0.0219. The summed E-state index contributed by atoms with van der Waals surface area (Å²) in [6.45, 7) is 0.956. The standard InChI is InChI=1S/C14H20FN3O2/c1-17(2)12-9-18(10-12)14(19)16-11-4-3-5-13(8-11)20-7-6-15/h3-5,8,12H,6-7,9-10H2,1-2H3,(H,16,19). The summed E-state index contributed by atoms with van der Waals surface area (Å²) in [5.41, 5.74) is 0.652. The molecule has 2 rings (SSSR count). The van der Waals surface area contributed by atoms with Gasteiger partial charge in [-0.3, -0.25) is 0 Å². The summed E-state index contributed by atoms with van der Waals surface area (Å²) in [4.78, 5) is 15.8. The van der Waals surface area contributed by atoms with E-state index < -0.39 is 6.67 Å². The van der Waals surface area contributed by atoms with Crippen LogP contribution in [0.2, 0.25) is 0 Å². The Balaban J connectivity index is 1.85. The summed E-state index contributed by atoms with van der Waals surface area (Å²) in [5, 5.41) is 2.81. The molecular weight excluding hydrogens is 261 g/mol. The molecule has 0 aliphatic carbocycles. The second kappa shape index (κ2) is 6.56. The van der Waals surface area contributed by atoms with Crippen molar-refractivity contribution in [1.82, 2.24) is 9.80 Å². The number of amides is 2. The summed E-state index contributed by atoms with van der Waals surface area (Å²) < 4.78 is 17.2. The van der Waals surface area contributed by atoms with Gasteiger partial charge in [0.25, 0.3) is 0 Å². The fourth-order valence-electron chi connectivity index (χ4n) is 1.97. The molecule has 0 spiro atoms. The Morgan fingerprint density at radius 2 is 2.25 bits per heavy atom. The van der Waals surface area contributed by atoms with Crippen LogP contribution >= 0.6 is 0 Å². The number of carbonyl (C=O) groups excluding carboxylic acids is 1. The van der Waals surface area contributed by atoms with Crippen molar-refractivity contribution in [2.24, 2.45) is 0 Å². The first-order chi connectivity index (χ1) is 9.60. The molecule has 1 N–H and O–H groups in total. The minimum Gasteiger partial charge on any atom is -0.491 e. The summed E-state index contributed by atoms with van der Waals surface area (Å²) in [6, 6.07) is 7.28. The highest BCUT2D eigenvalue weighted by atomic mass is 19.1. The lowest BCUT2D eigenvalue weighted by atomic mass is 10.1. The van der Waals surface area contributed by atoms with E-state index in [0.29, 0.717) is 17.5 Å². The van der Waals surface area contributed by atoms with E-state index in [9.17, 15) is 9.18 Å². The molecule has 1 aromatic rings. The lowest BCUT2D eigenvalue weighted by molar-refractivity contribution is 0.0942. The largest absolute Gasteiger partial charge is 0.491 e. The highest BCUT2D eigenvalue weighted by Crippen LogP contribution is 2.19. The monoisotopic (exact) mass is 281 g/mol. The van der Waals surface area contributed by atoms with E-state index in [1.165, 1.54) is 0 Å². The lowest BCUT2D eigenvalue weighted by Crippen LogP contribution is -2.60. The molecule has 1 aromatic carbocycles. The second-order valence-corrected chi connectivity index (χ2v) is 5.02. The van der Waals surface area contributed by atoms with Crippen LogP contribution in [0.25, 0.3) is 0 Å². The van der Waals surface area contributed by atoms with E-state index >= 15 is 0 Å². The van der Waals surface area contributed by atoms with Gasteiger partial charge in [-0.15, -0.1) is 0 Å². The summed E-state index contributed by atoms with van der Waals surface area (Å²) >= 11 is 0. The van der Waals surface area contributed by atoms with Crippen molar-refractivity contribution in [2.45, 2.75) is 6.04 Å². The fourth-order valence-corrected chi connectivity index (χ4v) is 1.97. The lowest BCUT2D eigenvalue weighted by Gasteiger charge is -2.42. The first-order valence-electron chi connectivity index (χ1n) is 6.61. The van der Waals surface area contributed by atoms with Crippen LogP contribution in [0.3, 0.4) is 0 Å². The zero-order valence-corrected chi connectivity index (χ0v) is 11.8. The van der Waals surface area contributed by atoms with E-state index in [4.69, 9.17) is 4.74 Å². The van der Waals surface area contributed by atoms with Crippen LogP contribution in [0.4, 0.5) is 14.9 Å². The molecule has 20 heavy (non-hydrogen) atoms. The number of hydrogen-bond acceptors (Lipinski definition) is 3. The molecule has 0 atom stereocenters. The molecule has 0 saturated carbocycles. The number of halogens is 1. The minimum atomic E-state index is -0.531. The van der Waals surface area contributed by atoms with E-state index in [1.807, 2.05) is 14.1 Å². The van der Waals surface area contributed by atoms with E-state index in [0.717, 1.165) is 13.1 Å². The number of ether oxygens (including phenoxy) is 1. The Bertz CT molecular complexity index is 461. The normalized spacial score (nSPS) is 15.1. The highest BCUT2D eigenvalue weighted by Gasteiger charge is 2.31. The number of nitrogens with one attached hydrogen (secondary N) is 1. The van der Waals surface area contributed by atoms with E-state index in [1.54, 1.807) is 29.2 Å². The van der Waals surface area contributed by atoms with Crippen molar-refractivity contribution in [1.29, 1.82) is 0 Å². The number of carbonyl (C=O) groups is 1. The summed E-state index contributed by atoms with van der Waals surface area (Å²) in [6.07, 6.45) is 0. The summed E-state index contributed by atoms with van der Waals surface area (Å²) in [7, 11) is 4.01. The molecule has 110 valence electrons. The van der Waals surface area contributed by atoms with Crippen LogP contribution in [-0.4, -0.2) is 62.3 Å². The van der Waals surface area contributed by atoms with Gasteiger partial charge in [-0.25, -0.2) is 9.18 Å². The topological polar surface area (TPSA) is 44.8 Å². The van der Waals surface area contributed by atoms with Gasteiger partial charge in [-0.2, -0.15) is 0 Å². The molecule has 0 aromatic heterocycles. The van der Waals surface area contributed by atoms with Gasteiger partial charge < -0.3 is 19.9 Å². The molecule has 1 fully saturated rings. The van der Waals surface area contributed by atoms with Crippen LogP contribution in [0, 0.1) is 0 Å². The third kappa shape index (κ3) is 3.60. The van der Waals surface area contributed by atoms with Gasteiger partial charge in [-0.1, -0.05) is 6.07 Å². The van der Waals surface area contributed by atoms with Crippen molar-refractivity contribution in [2.75, 3.05) is 45.8 Å². The van der Waals surface area contributed by atoms with Crippen molar-refractivity contribution >= 4 is 11.7 Å². The number of hydrogen-bond donors (Lipinski definition) is 1. The van der Waals surface area contributed by atoms with Crippen molar-refractivity contribution in [3.8, 4) is 5.75 Å². The highest BCUT2D eigenvalue weighted by molar-refractivity contribution is 5.90. The van der Waals surface area contributed by atoms with E-state index in [2.05, 4.69) is 10.2 Å². The van der Waals surface area contributed by atoms with Crippen LogP contribution in [0.1, 0.15) is 0 Å². The quantitative estimate of drug-likeness (QED) is 0.895. The Morgan fingerprint density at radius 1 is 1.50 bits per heavy atom. The molecule has 0 unspecified atom stereocenters. The SMILES string of the molecule is CN(C)C1CN(C(=O)Nc2cccc(OCCF)c2)C1. The average Bonchev–Trinajstić information content (AvgIpc) is 2.34. The van der Waals surface area contributed by atoms with Gasteiger partial charge in [0.1, 0.15) is 19.0 Å². The zero-order valence-electron chi connectivity index (χ0n) is 11.8. The summed E-state index contributed by atoms with van der Waals surface area (Å²) in [5.74, 6) is 0.551. The van der Waals surface area contributed by atoms with Crippen molar-refractivity contribution < 1.29 is 13.9 Å². The van der Waals surface area contributed by atoms with Crippen molar-refractivity contribution in [3.63, 3.8) is 0 Å². The molecule has 6 heteroatoms. The average molecular weight is 281 g/mol. The maximum Gasteiger partial charge on any atom is 0.321 e. The number of urea groups is 1. The smallest absolute Gasteiger partial charge is 0.321 e. The second-order valence-electron chi connectivity index (χ2n) is 5.02. The number of alkyl halides is 1. The number of likely N-dealkylation sites (tertiary alicyclic amines) is 1. The van der Waals surface area contributed by atoms with Crippen LogP contribution in [0.5, 0.6) is 5.75 Å². The van der Waals surface area contributed by atoms with Crippen LogP contribution < -0.4 is 10.1 Å². The molecule has 1 heterocycles. The van der Waals surface area contributed by atoms with Gasteiger partial charge >= 0.3 is 6.03 Å². The van der Waals surface area contributed by atoms with Gasteiger partial charge in [-0.05, 0) is 26.2 Å². The van der Waals surface area contributed by atoms with Crippen molar-refractivity contribution in [3.05, 3.63) is 24.3 Å².